The molecule has 0 aromatic heterocycles. The number of hydrogen-bond donors (Lipinski definition) is 2. The number of carbonyl (C=O) groups excluding carboxylic acids is 1. The first-order chi connectivity index (χ1) is 8.13. The van der Waals surface area contributed by atoms with E-state index in [0.29, 0.717) is 11.5 Å². The fraction of sp³-hybridized carbons (Fsp3) is 0.923. The maximum atomic E-state index is 11.0. The Morgan fingerprint density at radius 3 is 2.53 bits per heavy atom. The number of nitrogens with one attached hydrogen (secondary N) is 1. The van der Waals surface area contributed by atoms with Gasteiger partial charge in [0, 0.05) is 32.6 Å². The third-order valence-electron chi connectivity index (χ3n) is 4.19. The molecule has 17 heavy (non-hydrogen) atoms. The summed E-state index contributed by atoms with van der Waals surface area (Å²) < 4.78 is 0. The summed E-state index contributed by atoms with van der Waals surface area (Å²) in [5, 5.41) is 3.02. The second-order valence-electron chi connectivity index (χ2n) is 5.79. The van der Waals surface area contributed by atoms with E-state index in [2.05, 4.69) is 10.2 Å². The average Bonchev–Trinajstić information content (AvgIpc) is 3.01. The summed E-state index contributed by atoms with van der Waals surface area (Å²) in [4.78, 5) is 13.5. The van der Waals surface area contributed by atoms with Crippen LogP contribution >= 0.6 is 0 Å². The molecule has 1 heterocycles. The molecule has 1 aliphatic carbocycles. The van der Waals surface area contributed by atoms with E-state index < -0.39 is 0 Å². The zero-order valence-corrected chi connectivity index (χ0v) is 10.9. The van der Waals surface area contributed by atoms with Crippen molar-refractivity contribution in [2.45, 2.75) is 45.1 Å². The summed E-state index contributed by atoms with van der Waals surface area (Å²) in [6.07, 6.45) is 6.08. The van der Waals surface area contributed by atoms with E-state index >= 15 is 0 Å². The van der Waals surface area contributed by atoms with E-state index in [9.17, 15) is 4.79 Å². The first-order valence-electron chi connectivity index (χ1n) is 6.83. The van der Waals surface area contributed by atoms with Crippen molar-refractivity contribution in [3.63, 3.8) is 0 Å². The summed E-state index contributed by atoms with van der Waals surface area (Å²) >= 11 is 0. The van der Waals surface area contributed by atoms with Crippen molar-refractivity contribution in [3.05, 3.63) is 0 Å². The van der Waals surface area contributed by atoms with Crippen LogP contribution < -0.4 is 11.1 Å². The zero-order chi connectivity index (χ0) is 12.3. The van der Waals surface area contributed by atoms with E-state index in [1.807, 2.05) is 0 Å². The second kappa shape index (κ2) is 5.36. The maximum absolute atomic E-state index is 11.0. The number of hydrogen-bond acceptors (Lipinski definition) is 3. The minimum Gasteiger partial charge on any atom is -0.354 e. The van der Waals surface area contributed by atoms with Crippen molar-refractivity contribution >= 4 is 5.91 Å². The summed E-state index contributed by atoms with van der Waals surface area (Å²) in [5.74, 6) is 0.102. The molecule has 0 aromatic rings. The van der Waals surface area contributed by atoms with Crippen LogP contribution in [0.15, 0.2) is 0 Å². The van der Waals surface area contributed by atoms with Gasteiger partial charge in [0.15, 0.2) is 0 Å². The molecule has 2 aliphatic rings. The van der Waals surface area contributed by atoms with E-state index in [0.717, 1.165) is 32.5 Å². The Morgan fingerprint density at radius 1 is 1.41 bits per heavy atom. The van der Waals surface area contributed by atoms with Crippen LogP contribution in [-0.2, 0) is 4.79 Å². The first-order valence-corrected chi connectivity index (χ1v) is 6.83. The van der Waals surface area contributed by atoms with E-state index in [1.165, 1.54) is 25.8 Å². The van der Waals surface area contributed by atoms with Gasteiger partial charge >= 0.3 is 0 Å². The second-order valence-corrected chi connectivity index (χ2v) is 5.79. The van der Waals surface area contributed by atoms with Crippen LogP contribution in [0.5, 0.6) is 0 Å². The molecule has 0 atom stereocenters. The van der Waals surface area contributed by atoms with Crippen molar-refractivity contribution in [2.24, 2.45) is 11.1 Å². The van der Waals surface area contributed by atoms with Gasteiger partial charge in [-0.3, -0.25) is 4.79 Å². The molecule has 0 spiro atoms. The lowest BCUT2D eigenvalue weighted by molar-refractivity contribution is -0.120. The third kappa shape index (κ3) is 3.68. The van der Waals surface area contributed by atoms with Crippen molar-refractivity contribution in [1.29, 1.82) is 0 Å². The average molecular weight is 239 g/mol. The van der Waals surface area contributed by atoms with Gasteiger partial charge in [-0.1, -0.05) is 0 Å². The van der Waals surface area contributed by atoms with Gasteiger partial charge in [-0.15, -0.1) is 0 Å². The van der Waals surface area contributed by atoms with Gasteiger partial charge < -0.3 is 16.0 Å². The molecule has 0 unspecified atom stereocenters. The highest BCUT2D eigenvalue weighted by Crippen LogP contribution is 2.49. The number of amides is 1. The molecule has 1 aliphatic heterocycles. The highest BCUT2D eigenvalue weighted by Gasteiger charge is 2.43. The smallest absolute Gasteiger partial charge is 0.217 e. The Balaban J connectivity index is 1.70. The number of likely N-dealkylation sites (tertiary alicyclic amines) is 1. The van der Waals surface area contributed by atoms with Crippen molar-refractivity contribution in [3.8, 4) is 0 Å². The lowest BCUT2D eigenvalue weighted by Gasteiger charge is -2.34. The fourth-order valence-electron chi connectivity index (χ4n) is 2.97. The van der Waals surface area contributed by atoms with Crippen molar-refractivity contribution in [1.82, 2.24) is 10.2 Å². The molecule has 0 aromatic carbocycles. The van der Waals surface area contributed by atoms with Crippen LogP contribution in [0.3, 0.4) is 0 Å². The van der Waals surface area contributed by atoms with Crippen molar-refractivity contribution in [2.75, 3.05) is 26.2 Å². The van der Waals surface area contributed by atoms with Crippen LogP contribution in [0, 0.1) is 5.41 Å². The van der Waals surface area contributed by atoms with Gasteiger partial charge in [0.25, 0.3) is 0 Å². The monoisotopic (exact) mass is 239 g/mol. The van der Waals surface area contributed by atoms with Crippen LogP contribution in [0.4, 0.5) is 0 Å². The molecule has 1 amide bonds. The Kier molecular flexibility index (Phi) is 4.05. The Hall–Kier alpha value is -0.610. The molecule has 3 N–H and O–H groups in total. The first kappa shape index (κ1) is 12.8. The van der Waals surface area contributed by atoms with Gasteiger partial charge in [-0.25, -0.2) is 0 Å². The lowest BCUT2D eigenvalue weighted by atomic mass is 9.98. The van der Waals surface area contributed by atoms with Gasteiger partial charge in [-0.05, 0) is 44.1 Å². The quantitative estimate of drug-likeness (QED) is 0.743. The molecule has 1 saturated carbocycles. The number of nitrogens with zero attached hydrogens (tertiary/aromatic N) is 1. The Labute approximate surface area is 104 Å². The van der Waals surface area contributed by atoms with Gasteiger partial charge in [0.2, 0.25) is 5.91 Å². The third-order valence-corrected chi connectivity index (χ3v) is 4.19. The highest BCUT2D eigenvalue weighted by molar-refractivity contribution is 5.73. The van der Waals surface area contributed by atoms with Gasteiger partial charge in [0.1, 0.15) is 0 Å². The van der Waals surface area contributed by atoms with Crippen LogP contribution in [0.1, 0.15) is 39.0 Å². The SMILES string of the molecule is CC(=O)NC1CCN(CC2(CCN)CC2)CC1. The Morgan fingerprint density at radius 2 is 2.06 bits per heavy atom. The molecular weight excluding hydrogens is 214 g/mol. The van der Waals surface area contributed by atoms with Gasteiger partial charge in [0.05, 0.1) is 0 Å². The molecule has 4 nitrogen and oxygen atoms in total. The topological polar surface area (TPSA) is 58.4 Å². The summed E-state index contributed by atoms with van der Waals surface area (Å²) in [6, 6.07) is 0.397. The van der Waals surface area contributed by atoms with Crippen LogP contribution in [0.25, 0.3) is 0 Å². The molecule has 0 bridgehead atoms. The summed E-state index contributed by atoms with van der Waals surface area (Å²) in [6.45, 7) is 5.89. The Bertz CT molecular complexity index is 268. The number of rotatable bonds is 5. The molecule has 2 rings (SSSR count). The zero-order valence-electron chi connectivity index (χ0n) is 10.9. The minimum atomic E-state index is 0.102. The standard InChI is InChI=1S/C13H25N3O/c1-11(17)15-12-2-8-16(9-3-12)10-13(4-5-13)6-7-14/h12H,2-10,14H2,1H3,(H,15,17). The largest absolute Gasteiger partial charge is 0.354 e. The van der Waals surface area contributed by atoms with E-state index in [4.69, 9.17) is 5.73 Å². The minimum absolute atomic E-state index is 0.102. The summed E-state index contributed by atoms with van der Waals surface area (Å²) in [7, 11) is 0. The number of nitrogens with two attached hydrogens (primary N) is 1. The normalized spacial score (nSPS) is 24.6. The highest BCUT2D eigenvalue weighted by atomic mass is 16.1. The number of carbonyl (C=O) groups is 1. The summed E-state index contributed by atoms with van der Waals surface area (Å²) in [5.41, 5.74) is 6.22. The van der Waals surface area contributed by atoms with E-state index in [-0.39, 0.29) is 5.91 Å². The van der Waals surface area contributed by atoms with Crippen LogP contribution in [-0.4, -0.2) is 43.0 Å². The van der Waals surface area contributed by atoms with E-state index in [1.54, 1.807) is 6.92 Å². The molecule has 2 fully saturated rings. The van der Waals surface area contributed by atoms with Crippen molar-refractivity contribution < 1.29 is 4.79 Å². The molecule has 0 radical (unpaired) electrons. The van der Waals surface area contributed by atoms with Gasteiger partial charge in [-0.2, -0.15) is 0 Å². The fourth-order valence-corrected chi connectivity index (χ4v) is 2.97. The molecule has 1 saturated heterocycles. The predicted octanol–water partition coefficient (Wildman–Crippen LogP) is 0.716. The molecule has 98 valence electrons. The molecular formula is C13H25N3O. The lowest BCUT2D eigenvalue weighted by Crippen LogP contribution is -2.45. The predicted molar refractivity (Wildman–Crippen MR) is 68.6 cm³/mol. The van der Waals surface area contributed by atoms with Crippen LogP contribution in [0.2, 0.25) is 0 Å². The number of piperidine rings is 1. The maximum Gasteiger partial charge on any atom is 0.217 e. The molecule has 4 heteroatoms.